The van der Waals surface area contributed by atoms with Crippen LogP contribution in [0.4, 0.5) is 0 Å². The molecule has 0 aromatic heterocycles. The molecule has 0 amide bonds. The number of benzene rings is 2. The van der Waals surface area contributed by atoms with E-state index in [1.807, 2.05) is 24.3 Å². The molecule has 1 fully saturated rings. The van der Waals surface area contributed by atoms with Crippen molar-refractivity contribution in [3.05, 3.63) is 59.7 Å². The zero-order chi connectivity index (χ0) is 21.2. The minimum atomic E-state index is -3.33. The minimum absolute atomic E-state index is 0.112. The molecule has 1 N–H and O–H groups in total. The number of sulfonamides is 1. The molecule has 6 heteroatoms. The van der Waals surface area contributed by atoms with Crippen LogP contribution in [0.1, 0.15) is 44.7 Å². The highest BCUT2D eigenvalue weighted by atomic mass is 32.2. The largest absolute Gasteiger partial charge is 0.299 e. The van der Waals surface area contributed by atoms with Crippen molar-refractivity contribution in [2.24, 2.45) is 0 Å². The van der Waals surface area contributed by atoms with Crippen LogP contribution < -0.4 is 4.72 Å². The molecule has 0 spiro atoms. The summed E-state index contributed by atoms with van der Waals surface area (Å²) in [6, 6.07) is 18.2. The van der Waals surface area contributed by atoms with Crippen LogP contribution in [0.25, 0.3) is 11.1 Å². The Labute approximate surface area is 174 Å². The molecule has 0 aliphatic carbocycles. The fraction of sp³-hybridized carbons (Fsp3) is 0.435. The molecule has 154 valence electrons. The number of nitrogens with one attached hydrogen (secondary N) is 1. The lowest BCUT2D eigenvalue weighted by atomic mass is 9.93. The van der Waals surface area contributed by atoms with E-state index in [2.05, 4.69) is 53.8 Å². The third-order valence-corrected chi connectivity index (χ3v) is 7.57. The molecule has 0 unspecified atom stereocenters. The molecule has 1 saturated heterocycles. The van der Waals surface area contributed by atoms with Gasteiger partial charge in [0.05, 0.1) is 16.9 Å². The van der Waals surface area contributed by atoms with Crippen molar-refractivity contribution in [2.75, 3.05) is 13.1 Å². The average Bonchev–Trinajstić information content (AvgIpc) is 3.11. The van der Waals surface area contributed by atoms with E-state index in [1.54, 1.807) is 13.8 Å². The summed E-state index contributed by atoms with van der Waals surface area (Å²) in [6.45, 7) is 9.25. The van der Waals surface area contributed by atoms with Gasteiger partial charge in [0.1, 0.15) is 0 Å². The smallest absolute Gasteiger partial charge is 0.214 e. The van der Waals surface area contributed by atoms with Crippen LogP contribution in [-0.2, 0) is 10.0 Å². The van der Waals surface area contributed by atoms with Crippen molar-refractivity contribution in [1.29, 1.82) is 5.26 Å². The first-order chi connectivity index (χ1) is 13.7. The molecule has 1 heterocycles. The first-order valence-corrected chi connectivity index (χ1v) is 11.6. The summed E-state index contributed by atoms with van der Waals surface area (Å²) in [5.74, 6) is 0.112. The molecule has 2 atom stereocenters. The van der Waals surface area contributed by atoms with Gasteiger partial charge < -0.3 is 0 Å². The van der Waals surface area contributed by atoms with Crippen molar-refractivity contribution in [2.45, 2.75) is 50.9 Å². The summed E-state index contributed by atoms with van der Waals surface area (Å²) < 4.78 is 27.9. The van der Waals surface area contributed by atoms with Gasteiger partial charge >= 0.3 is 0 Å². The zero-order valence-corrected chi connectivity index (χ0v) is 18.3. The zero-order valence-electron chi connectivity index (χ0n) is 17.5. The monoisotopic (exact) mass is 411 g/mol. The van der Waals surface area contributed by atoms with Gasteiger partial charge in [-0.05, 0) is 56.5 Å². The van der Waals surface area contributed by atoms with E-state index >= 15 is 0 Å². The normalized spacial score (nSPS) is 20.3. The predicted molar refractivity (Wildman–Crippen MR) is 117 cm³/mol. The lowest BCUT2D eigenvalue weighted by Crippen LogP contribution is -2.43. The Morgan fingerprint density at radius 3 is 2.00 bits per heavy atom. The standard InChI is InChI=1S/C23H29N3O2S/c1-16(2)26-14-22(23(15-26)25-29(27,28)17(3)4)21-11-9-20(10-12-21)19-7-5-18(13-24)6-8-19/h5-12,16-17,22-23,25H,14-15H2,1-4H3/t22-,23+/m0/s1. The third-order valence-electron chi connectivity index (χ3n) is 5.70. The van der Waals surface area contributed by atoms with Gasteiger partial charge in [-0.1, -0.05) is 36.4 Å². The van der Waals surface area contributed by atoms with Crippen LogP contribution in [0.5, 0.6) is 0 Å². The van der Waals surface area contributed by atoms with E-state index in [9.17, 15) is 8.42 Å². The lowest BCUT2D eigenvalue weighted by molar-refractivity contribution is 0.269. The van der Waals surface area contributed by atoms with Gasteiger partial charge in [0.2, 0.25) is 10.0 Å². The molecule has 1 aliphatic rings. The van der Waals surface area contributed by atoms with Crippen LogP contribution in [0.3, 0.4) is 0 Å². The topological polar surface area (TPSA) is 73.2 Å². The van der Waals surface area contributed by atoms with Gasteiger partial charge in [-0.2, -0.15) is 5.26 Å². The van der Waals surface area contributed by atoms with Gasteiger partial charge in [-0.3, -0.25) is 4.90 Å². The Hall–Kier alpha value is -2.20. The van der Waals surface area contributed by atoms with E-state index in [-0.39, 0.29) is 12.0 Å². The maximum Gasteiger partial charge on any atom is 0.214 e. The minimum Gasteiger partial charge on any atom is -0.299 e. The Morgan fingerprint density at radius 2 is 1.52 bits per heavy atom. The fourth-order valence-corrected chi connectivity index (χ4v) is 4.65. The molecular formula is C23H29N3O2S. The van der Waals surface area contributed by atoms with Crippen LogP contribution in [0.2, 0.25) is 0 Å². The van der Waals surface area contributed by atoms with Crippen LogP contribution in [0, 0.1) is 11.3 Å². The number of hydrogen-bond acceptors (Lipinski definition) is 4. The van der Waals surface area contributed by atoms with E-state index in [0.717, 1.165) is 23.2 Å². The van der Waals surface area contributed by atoms with Gasteiger partial charge in [0.15, 0.2) is 0 Å². The van der Waals surface area contributed by atoms with E-state index in [0.29, 0.717) is 18.2 Å². The SMILES string of the molecule is CC(C)N1C[C@@H](NS(=O)(=O)C(C)C)[C@H](c2ccc(-c3ccc(C#N)cc3)cc2)C1. The molecule has 2 aromatic rings. The summed E-state index contributed by atoms with van der Waals surface area (Å²) in [5, 5.41) is 8.50. The Kier molecular flexibility index (Phi) is 6.42. The second kappa shape index (κ2) is 8.66. The number of likely N-dealkylation sites (tertiary alicyclic amines) is 1. The molecule has 2 aromatic carbocycles. The molecule has 0 radical (unpaired) electrons. The average molecular weight is 412 g/mol. The number of nitriles is 1. The highest BCUT2D eigenvalue weighted by molar-refractivity contribution is 7.90. The number of hydrogen-bond donors (Lipinski definition) is 1. The molecule has 1 aliphatic heterocycles. The van der Waals surface area contributed by atoms with E-state index in [4.69, 9.17) is 5.26 Å². The van der Waals surface area contributed by atoms with Crippen molar-refractivity contribution in [3.63, 3.8) is 0 Å². The van der Waals surface area contributed by atoms with Crippen molar-refractivity contribution >= 4 is 10.0 Å². The van der Waals surface area contributed by atoms with Gasteiger partial charge in [0.25, 0.3) is 0 Å². The highest BCUT2D eigenvalue weighted by Crippen LogP contribution is 2.31. The van der Waals surface area contributed by atoms with Gasteiger partial charge in [-0.25, -0.2) is 13.1 Å². The molecule has 0 bridgehead atoms. The van der Waals surface area contributed by atoms with E-state index in [1.165, 1.54) is 0 Å². The molecule has 29 heavy (non-hydrogen) atoms. The lowest BCUT2D eigenvalue weighted by Gasteiger charge is -2.22. The van der Waals surface area contributed by atoms with Crippen LogP contribution in [-0.4, -0.2) is 43.7 Å². The quantitative estimate of drug-likeness (QED) is 0.786. The summed E-state index contributed by atoms with van der Waals surface area (Å²) in [6.07, 6.45) is 0. The van der Waals surface area contributed by atoms with Crippen molar-refractivity contribution < 1.29 is 8.42 Å². The second-order valence-corrected chi connectivity index (χ2v) is 10.6. The van der Waals surface area contributed by atoms with Crippen LogP contribution in [0.15, 0.2) is 48.5 Å². The predicted octanol–water partition coefficient (Wildman–Crippen LogP) is 3.73. The first kappa shape index (κ1) is 21.5. The summed E-state index contributed by atoms with van der Waals surface area (Å²) >= 11 is 0. The summed E-state index contributed by atoms with van der Waals surface area (Å²) in [4.78, 5) is 2.33. The Balaban J connectivity index is 1.84. The van der Waals surface area contributed by atoms with Crippen molar-refractivity contribution in [3.8, 4) is 17.2 Å². The molecular weight excluding hydrogens is 382 g/mol. The molecule has 5 nitrogen and oxygen atoms in total. The van der Waals surface area contributed by atoms with Crippen molar-refractivity contribution in [1.82, 2.24) is 9.62 Å². The highest BCUT2D eigenvalue weighted by Gasteiger charge is 2.37. The first-order valence-electron chi connectivity index (χ1n) is 10.1. The molecule has 3 rings (SSSR count). The van der Waals surface area contributed by atoms with Crippen LogP contribution >= 0.6 is 0 Å². The molecule has 0 saturated carbocycles. The second-order valence-electron chi connectivity index (χ2n) is 8.28. The number of nitrogens with zero attached hydrogens (tertiary/aromatic N) is 2. The van der Waals surface area contributed by atoms with Gasteiger partial charge in [0, 0.05) is 31.1 Å². The summed E-state index contributed by atoms with van der Waals surface area (Å²) in [7, 11) is -3.33. The number of rotatable bonds is 6. The summed E-state index contributed by atoms with van der Waals surface area (Å²) in [5.41, 5.74) is 3.92. The van der Waals surface area contributed by atoms with E-state index < -0.39 is 15.3 Å². The maximum atomic E-state index is 12.5. The van der Waals surface area contributed by atoms with Gasteiger partial charge in [-0.15, -0.1) is 0 Å². The Morgan fingerprint density at radius 1 is 0.966 bits per heavy atom. The fourth-order valence-electron chi connectivity index (χ4n) is 3.72. The third kappa shape index (κ3) is 4.87. The Bertz CT molecular complexity index is 974. The maximum absolute atomic E-state index is 12.5.